The molecule has 214 valence electrons. The van der Waals surface area contributed by atoms with Gasteiger partial charge >= 0.3 is 0 Å². The van der Waals surface area contributed by atoms with Crippen LogP contribution < -0.4 is 0 Å². The van der Waals surface area contributed by atoms with Gasteiger partial charge in [0.25, 0.3) is 0 Å². The lowest BCUT2D eigenvalue weighted by Crippen LogP contribution is -1.98. The van der Waals surface area contributed by atoms with E-state index in [4.69, 9.17) is 0 Å². The van der Waals surface area contributed by atoms with Crippen LogP contribution in [0.3, 0.4) is 0 Å². The summed E-state index contributed by atoms with van der Waals surface area (Å²) in [5.74, 6) is 0. The molecule has 0 radical (unpaired) electrons. The highest BCUT2D eigenvalue weighted by Crippen LogP contribution is 2.43. The van der Waals surface area contributed by atoms with Crippen molar-refractivity contribution in [3.8, 4) is 22.5 Å². The minimum absolute atomic E-state index is 1.15. The highest BCUT2D eigenvalue weighted by atomic mass is 15.0. The molecule has 0 amide bonds. The van der Waals surface area contributed by atoms with E-state index in [1.165, 1.54) is 76.2 Å². The molecule has 0 unspecified atom stereocenters. The molecular formula is C44H28N2. The predicted molar refractivity (Wildman–Crippen MR) is 196 cm³/mol. The third-order valence-electron chi connectivity index (χ3n) is 9.70. The van der Waals surface area contributed by atoms with Crippen LogP contribution in [0, 0.1) is 0 Å². The number of aromatic nitrogens is 2. The van der Waals surface area contributed by atoms with Crippen molar-refractivity contribution in [2.24, 2.45) is 0 Å². The van der Waals surface area contributed by atoms with Crippen LogP contribution in [-0.4, -0.2) is 9.13 Å². The van der Waals surface area contributed by atoms with Crippen LogP contribution in [0.25, 0.3) is 87.5 Å². The second-order valence-corrected chi connectivity index (χ2v) is 12.1. The summed E-state index contributed by atoms with van der Waals surface area (Å²) in [5.41, 5.74) is 8.39. The number of fused-ring (bicyclic) bond motifs is 11. The highest BCUT2D eigenvalue weighted by Gasteiger charge is 2.21. The minimum atomic E-state index is 1.15. The standard InChI is InChI=1S/C44H28N2/c1-3-13-29(14-4-1)41-28-45(30-15-5-2-6-16-30)43-39(41)26-25-38-37-21-11-12-22-42(37)46(44(38)43)31-23-24-36-34-19-8-7-17-32(34)33-18-9-10-20-35(33)40(36)27-31/h1-28H. The summed E-state index contributed by atoms with van der Waals surface area (Å²) in [7, 11) is 0. The molecule has 0 bridgehead atoms. The van der Waals surface area contributed by atoms with E-state index >= 15 is 0 Å². The lowest BCUT2D eigenvalue weighted by molar-refractivity contribution is 1.12. The van der Waals surface area contributed by atoms with Crippen LogP contribution >= 0.6 is 0 Å². The van der Waals surface area contributed by atoms with Gasteiger partial charge in [0.15, 0.2) is 0 Å². The van der Waals surface area contributed by atoms with Gasteiger partial charge in [-0.2, -0.15) is 0 Å². The predicted octanol–water partition coefficient (Wildman–Crippen LogP) is 11.9. The van der Waals surface area contributed by atoms with Gasteiger partial charge in [-0.05, 0) is 68.2 Å². The molecule has 2 heterocycles. The summed E-state index contributed by atoms with van der Waals surface area (Å²) < 4.78 is 4.88. The molecule has 0 spiro atoms. The van der Waals surface area contributed by atoms with Crippen molar-refractivity contribution in [1.29, 1.82) is 0 Å². The first-order valence-corrected chi connectivity index (χ1v) is 15.9. The Bertz CT molecular complexity index is 2750. The second kappa shape index (κ2) is 9.69. The molecule has 0 fully saturated rings. The van der Waals surface area contributed by atoms with Crippen LogP contribution in [0.1, 0.15) is 0 Å². The molecule has 10 rings (SSSR count). The number of benzene rings is 8. The Balaban J connectivity index is 1.38. The Morgan fingerprint density at radius 3 is 1.54 bits per heavy atom. The summed E-state index contributed by atoms with van der Waals surface area (Å²) >= 11 is 0. The average molecular weight is 585 g/mol. The van der Waals surface area contributed by atoms with Crippen LogP contribution in [0.15, 0.2) is 170 Å². The van der Waals surface area contributed by atoms with E-state index < -0.39 is 0 Å². The Morgan fingerprint density at radius 1 is 0.326 bits per heavy atom. The number of rotatable bonds is 3. The van der Waals surface area contributed by atoms with Gasteiger partial charge in [0, 0.05) is 39.3 Å². The maximum Gasteiger partial charge on any atom is 0.0788 e. The molecule has 8 aromatic carbocycles. The van der Waals surface area contributed by atoms with Gasteiger partial charge in [0.05, 0.1) is 16.6 Å². The maximum atomic E-state index is 2.49. The molecule has 2 aromatic heterocycles. The highest BCUT2D eigenvalue weighted by molar-refractivity contribution is 6.26. The molecule has 10 aromatic rings. The molecule has 0 aliphatic heterocycles. The SMILES string of the molecule is c1ccc(-c2cn(-c3ccccc3)c3c2ccc2c4ccccc4n(-c4ccc5c6ccccc6c6ccccc6c5c4)c23)cc1. The van der Waals surface area contributed by atoms with E-state index in [2.05, 4.69) is 179 Å². The summed E-state index contributed by atoms with van der Waals surface area (Å²) in [6, 6.07) is 59.6. The van der Waals surface area contributed by atoms with Crippen molar-refractivity contribution < 1.29 is 0 Å². The normalized spacial score (nSPS) is 11.9. The summed E-state index contributed by atoms with van der Waals surface area (Å²) in [6.45, 7) is 0. The van der Waals surface area contributed by atoms with Crippen LogP contribution in [0.4, 0.5) is 0 Å². The van der Waals surface area contributed by atoms with Crippen molar-refractivity contribution in [3.63, 3.8) is 0 Å². The molecule has 0 aliphatic carbocycles. The largest absolute Gasteiger partial charge is 0.314 e. The Labute approximate surface area is 266 Å². The fraction of sp³-hybridized carbons (Fsp3) is 0. The van der Waals surface area contributed by atoms with Crippen molar-refractivity contribution in [3.05, 3.63) is 170 Å². The van der Waals surface area contributed by atoms with E-state index in [0.29, 0.717) is 0 Å². The Hall–Kier alpha value is -6.12. The van der Waals surface area contributed by atoms with Crippen LogP contribution in [-0.2, 0) is 0 Å². The average Bonchev–Trinajstić information content (AvgIpc) is 3.69. The van der Waals surface area contributed by atoms with Gasteiger partial charge in [0.2, 0.25) is 0 Å². The van der Waals surface area contributed by atoms with Gasteiger partial charge in [-0.3, -0.25) is 0 Å². The lowest BCUT2D eigenvalue weighted by Gasteiger charge is -2.15. The zero-order valence-corrected chi connectivity index (χ0v) is 25.1. The first-order valence-electron chi connectivity index (χ1n) is 15.9. The van der Waals surface area contributed by atoms with Gasteiger partial charge in [0.1, 0.15) is 0 Å². The molecule has 0 aliphatic rings. The summed E-state index contributed by atoms with van der Waals surface area (Å²) in [4.78, 5) is 0. The molecule has 0 saturated heterocycles. The Kier molecular flexibility index (Phi) is 5.31. The Morgan fingerprint density at radius 2 is 0.848 bits per heavy atom. The first-order chi connectivity index (χ1) is 22.8. The quantitative estimate of drug-likeness (QED) is 0.183. The van der Waals surface area contributed by atoms with Gasteiger partial charge in [-0.1, -0.05) is 133 Å². The number of para-hydroxylation sites is 2. The lowest BCUT2D eigenvalue weighted by atomic mass is 9.94. The molecular weight excluding hydrogens is 556 g/mol. The monoisotopic (exact) mass is 584 g/mol. The maximum absolute atomic E-state index is 2.49. The van der Waals surface area contributed by atoms with E-state index in [1.54, 1.807) is 0 Å². The fourth-order valence-corrected chi connectivity index (χ4v) is 7.71. The van der Waals surface area contributed by atoms with E-state index in [-0.39, 0.29) is 0 Å². The van der Waals surface area contributed by atoms with Crippen molar-refractivity contribution in [2.45, 2.75) is 0 Å². The summed E-state index contributed by atoms with van der Waals surface area (Å²) in [5, 5.41) is 11.5. The number of hydrogen-bond acceptors (Lipinski definition) is 0. The zero-order valence-electron chi connectivity index (χ0n) is 25.1. The molecule has 0 N–H and O–H groups in total. The number of hydrogen-bond donors (Lipinski definition) is 0. The molecule has 0 atom stereocenters. The minimum Gasteiger partial charge on any atom is -0.314 e. The number of nitrogens with zero attached hydrogens (tertiary/aromatic N) is 2. The second-order valence-electron chi connectivity index (χ2n) is 12.1. The van der Waals surface area contributed by atoms with Crippen LogP contribution in [0.5, 0.6) is 0 Å². The van der Waals surface area contributed by atoms with Gasteiger partial charge in [-0.15, -0.1) is 0 Å². The molecule has 0 saturated carbocycles. The molecule has 46 heavy (non-hydrogen) atoms. The van der Waals surface area contributed by atoms with Crippen molar-refractivity contribution in [2.75, 3.05) is 0 Å². The van der Waals surface area contributed by atoms with Crippen LogP contribution in [0.2, 0.25) is 0 Å². The van der Waals surface area contributed by atoms with E-state index in [0.717, 1.165) is 11.4 Å². The van der Waals surface area contributed by atoms with E-state index in [9.17, 15) is 0 Å². The first kappa shape index (κ1) is 25.2. The van der Waals surface area contributed by atoms with Gasteiger partial charge in [-0.25, -0.2) is 0 Å². The van der Waals surface area contributed by atoms with E-state index in [1.807, 2.05) is 0 Å². The third-order valence-corrected chi connectivity index (χ3v) is 9.70. The summed E-state index contributed by atoms with van der Waals surface area (Å²) in [6.07, 6.45) is 2.32. The topological polar surface area (TPSA) is 9.86 Å². The third kappa shape index (κ3) is 3.53. The smallest absolute Gasteiger partial charge is 0.0788 e. The molecule has 2 heteroatoms. The zero-order chi connectivity index (χ0) is 30.2. The van der Waals surface area contributed by atoms with Crippen molar-refractivity contribution >= 4 is 65.0 Å². The van der Waals surface area contributed by atoms with Crippen molar-refractivity contribution in [1.82, 2.24) is 9.13 Å². The fourth-order valence-electron chi connectivity index (χ4n) is 7.71. The van der Waals surface area contributed by atoms with Gasteiger partial charge < -0.3 is 9.13 Å². The molecule has 2 nitrogen and oxygen atoms in total.